The van der Waals surface area contributed by atoms with Gasteiger partial charge in [-0.05, 0) is 54.3 Å². The average Bonchev–Trinajstić information content (AvgIpc) is 2.82. The van der Waals surface area contributed by atoms with Crippen LogP contribution in [0.3, 0.4) is 0 Å². The van der Waals surface area contributed by atoms with Gasteiger partial charge in [0.2, 0.25) is 5.75 Å². The molecule has 0 aliphatic rings. The summed E-state index contributed by atoms with van der Waals surface area (Å²) in [5, 5.41) is 7.36. The van der Waals surface area contributed by atoms with E-state index < -0.39 is 5.97 Å². The van der Waals surface area contributed by atoms with E-state index in [-0.39, 0.29) is 0 Å². The predicted octanol–water partition coefficient (Wildman–Crippen LogP) is 3.52. The third kappa shape index (κ3) is 5.22. The molecule has 1 heterocycles. The molecule has 8 nitrogen and oxygen atoms in total. The number of carbonyl (C=O) groups excluding carboxylic acids is 1. The van der Waals surface area contributed by atoms with Crippen LogP contribution in [0.15, 0.2) is 48.8 Å². The van der Waals surface area contributed by atoms with Crippen molar-refractivity contribution in [3.05, 3.63) is 65.5 Å². The molecule has 8 heteroatoms. The number of nitrogens with zero attached hydrogens (tertiary/aromatic N) is 2. The highest BCUT2D eigenvalue weighted by molar-refractivity contribution is 5.90. The Morgan fingerprint density at radius 3 is 1.97 bits per heavy atom. The van der Waals surface area contributed by atoms with Crippen molar-refractivity contribution in [3.63, 3.8) is 0 Å². The van der Waals surface area contributed by atoms with Gasteiger partial charge in [0.15, 0.2) is 23.0 Å². The first kappa shape index (κ1) is 21.9. The number of aryl methyl sites for hydroxylation is 2. The number of esters is 1. The maximum absolute atomic E-state index is 12.4. The number of aromatic nitrogens is 2. The molecule has 3 rings (SSSR count). The van der Waals surface area contributed by atoms with Crippen LogP contribution in [-0.4, -0.2) is 44.6 Å². The molecule has 0 aliphatic heterocycles. The van der Waals surface area contributed by atoms with E-state index in [0.717, 1.165) is 11.1 Å². The van der Waals surface area contributed by atoms with Crippen molar-refractivity contribution in [2.24, 2.45) is 0 Å². The third-order valence-corrected chi connectivity index (χ3v) is 4.68. The predicted molar refractivity (Wildman–Crippen MR) is 113 cm³/mol. The molecule has 0 bridgehead atoms. The lowest BCUT2D eigenvalue weighted by atomic mass is 10.0. The summed E-state index contributed by atoms with van der Waals surface area (Å²) < 4.78 is 27.1. The summed E-state index contributed by atoms with van der Waals surface area (Å²) in [6.45, 7) is 0. The second-order valence-electron chi connectivity index (χ2n) is 6.54. The molecule has 0 aliphatic carbocycles. The average molecular weight is 424 g/mol. The highest BCUT2D eigenvalue weighted by atomic mass is 16.6. The standard InChI is InChI=1S/C23H24N2O6/c1-27-18-8-7-15(11-19(18)31-23(26)17-9-10-24-25-14-17)5-6-16-12-20(28-2)22(30-4)21(13-16)29-3/h7-14H,5-6H2,1-4H3. The topological polar surface area (TPSA) is 89.0 Å². The number of benzene rings is 2. The van der Waals surface area contributed by atoms with Crippen LogP contribution in [0.1, 0.15) is 21.5 Å². The Morgan fingerprint density at radius 2 is 1.39 bits per heavy atom. The van der Waals surface area contributed by atoms with E-state index in [1.807, 2.05) is 18.2 Å². The number of methoxy groups -OCH3 is 4. The molecular weight excluding hydrogens is 400 g/mol. The van der Waals surface area contributed by atoms with E-state index in [1.165, 1.54) is 25.6 Å². The minimum Gasteiger partial charge on any atom is -0.493 e. The number of carbonyl (C=O) groups is 1. The molecule has 0 unspecified atom stereocenters. The second-order valence-corrected chi connectivity index (χ2v) is 6.54. The van der Waals surface area contributed by atoms with Crippen molar-refractivity contribution >= 4 is 5.97 Å². The van der Waals surface area contributed by atoms with E-state index in [4.69, 9.17) is 23.7 Å². The molecule has 0 atom stereocenters. The van der Waals surface area contributed by atoms with Gasteiger partial charge < -0.3 is 23.7 Å². The molecule has 3 aromatic rings. The summed E-state index contributed by atoms with van der Waals surface area (Å²) in [4.78, 5) is 12.4. The SMILES string of the molecule is COc1ccc(CCc2cc(OC)c(OC)c(OC)c2)cc1OC(=O)c1ccnnc1. The van der Waals surface area contributed by atoms with Gasteiger partial charge in [0, 0.05) is 0 Å². The van der Waals surface area contributed by atoms with Crippen LogP contribution in [0.2, 0.25) is 0 Å². The fraction of sp³-hybridized carbons (Fsp3) is 0.261. The zero-order valence-electron chi connectivity index (χ0n) is 17.9. The van der Waals surface area contributed by atoms with Gasteiger partial charge in [-0.25, -0.2) is 4.79 Å². The monoisotopic (exact) mass is 424 g/mol. The molecule has 31 heavy (non-hydrogen) atoms. The smallest absolute Gasteiger partial charge is 0.345 e. The lowest BCUT2D eigenvalue weighted by Crippen LogP contribution is -2.10. The van der Waals surface area contributed by atoms with E-state index >= 15 is 0 Å². The van der Waals surface area contributed by atoms with Gasteiger partial charge in [0.1, 0.15) is 0 Å². The van der Waals surface area contributed by atoms with Crippen molar-refractivity contribution in [1.82, 2.24) is 10.2 Å². The first-order chi connectivity index (χ1) is 15.1. The van der Waals surface area contributed by atoms with Crippen LogP contribution < -0.4 is 23.7 Å². The van der Waals surface area contributed by atoms with Crippen molar-refractivity contribution in [2.45, 2.75) is 12.8 Å². The summed E-state index contributed by atoms with van der Waals surface area (Å²) >= 11 is 0. The summed E-state index contributed by atoms with van der Waals surface area (Å²) in [7, 11) is 6.27. The normalized spacial score (nSPS) is 10.3. The molecule has 0 saturated carbocycles. The van der Waals surface area contributed by atoms with Crippen LogP contribution in [0.5, 0.6) is 28.7 Å². The van der Waals surface area contributed by atoms with Gasteiger partial charge in [-0.1, -0.05) is 6.07 Å². The first-order valence-electron chi connectivity index (χ1n) is 9.54. The van der Waals surface area contributed by atoms with Gasteiger partial charge in [-0.3, -0.25) is 0 Å². The number of hydrogen-bond donors (Lipinski definition) is 0. The van der Waals surface area contributed by atoms with Crippen LogP contribution in [0.25, 0.3) is 0 Å². The molecule has 0 spiro atoms. The Hall–Kier alpha value is -3.81. The molecular formula is C23H24N2O6. The molecule has 0 radical (unpaired) electrons. The number of rotatable bonds is 9. The second kappa shape index (κ2) is 10.3. The van der Waals surface area contributed by atoms with Crippen molar-refractivity contribution < 1.29 is 28.5 Å². The summed E-state index contributed by atoms with van der Waals surface area (Å²) in [5.41, 5.74) is 2.30. The van der Waals surface area contributed by atoms with Crippen molar-refractivity contribution in [3.8, 4) is 28.7 Å². The Kier molecular flexibility index (Phi) is 7.26. The van der Waals surface area contributed by atoms with E-state index in [2.05, 4.69) is 10.2 Å². The fourth-order valence-corrected chi connectivity index (χ4v) is 3.10. The lowest BCUT2D eigenvalue weighted by molar-refractivity contribution is 0.0729. The Labute approximate surface area is 180 Å². The Bertz CT molecular complexity index is 1010. The van der Waals surface area contributed by atoms with Crippen molar-refractivity contribution in [2.75, 3.05) is 28.4 Å². The summed E-state index contributed by atoms with van der Waals surface area (Å²) in [6.07, 6.45) is 4.19. The Balaban J connectivity index is 1.78. The molecule has 1 aromatic heterocycles. The largest absolute Gasteiger partial charge is 0.493 e. The summed E-state index contributed by atoms with van der Waals surface area (Å²) in [6, 6.07) is 10.9. The van der Waals surface area contributed by atoms with Crippen LogP contribution in [-0.2, 0) is 12.8 Å². The van der Waals surface area contributed by atoms with E-state index in [1.54, 1.807) is 33.5 Å². The maximum Gasteiger partial charge on any atom is 0.345 e. The molecule has 0 N–H and O–H groups in total. The highest BCUT2D eigenvalue weighted by Gasteiger charge is 2.15. The lowest BCUT2D eigenvalue weighted by Gasteiger charge is -2.14. The number of ether oxygens (including phenoxy) is 5. The van der Waals surface area contributed by atoms with Gasteiger partial charge in [0.05, 0.1) is 46.4 Å². The fourth-order valence-electron chi connectivity index (χ4n) is 3.10. The zero-order valence-corrected chi connectivity index (χ0v) is 17.9. The van der Waals surface area contributed by atoms with Crippen LogP contribution in [0, 0.1) is 0 Å². The first-order valence-corrected chi connectivity index (χ1v) is 9.54. The third-order valence-electron chi connectivity index (χ3n) is 4.68. The molecule has 0 fully saturated rings. The van der Waals surface area contributed by atoms with E-state index in [9.17, 15) is 4.79 Å². The van der Waals surface area contributed by atoms with Gasteiger partial charge in [0.25, 0.3) is 0 Å². The summed E-state index contributed by atoms with van der Waals surface area (Å²) in [5.74, 6) is 2.03. The minimum atomic E-state index is -0.532. The maximum atomic E-state index is 12.4. The Morgan fingerprint density at radius 1 is 0.742 bits per heavy atom. The number of hydrogen-bond acceptors (Lipinski definition) is 8. The van der Waals surface area contributed by atoms with Gasteiger partial charge in [-0.15, -0.1) is 0 Å². The molecule has 162 valence electrons. The minimum absolute atomic E-state index is 0.305. The van der Waals surface area contributed by atoms with Crippen LogP contribution in [0.4, 0.5) is 0 Å². The van der Waals surface area contributed by atoms with Crippen molar-refractivity contribution in [1.29, 1.82) is 0 Å². The molecule has 2 aromatic carbocycles. The zero-order chi connectivity index (χ0) is 22.2. The highest BCUT2D eigenvalue weighted by Crippen LogP contribution is 2.38. The van der Waals surface area contributed by atoms with Gasteiger partial charge >= 0.3 is 5.97 Å². The molecule has 0 saturated heterocycles. The van der Waals surface area contributed by atoms with E-state index in [0.29, 0.717) is 47.2 Å². The van der Waals surface area contributed by atoms with Gasteiger partial charge in [-0.2, -0.15) is 10.2 Å². The quantitative estimate of drug-likeness (QED) is 0.381. The van der Waals surface area contributed by atoms with Crippen LogP contribution >= 0.6 is 0 Å². The molecule has 0 amide bonds.